The van der Waals surface area contributed by atoms with Crippen molar-refractivity contribution < 1.29 is 9.59 Å². The molecule has 2 amide bonds. The van der Waals surface area contributed by atoms with Crippen LogP contribution in [0.25, 0.3) is 5.69 Å². The third kappa shape index (κ3) is 4.58. The molecule has 138 valence electrons. The van der Waals surface area contributed by atoms with Crippen LogP contribution in [0.15, 0.2) is 54.7 Å². The Morgan fingerprint density at radius 3 is 2.56 bits per heavy atom. The average molecular weight is 363 g/mol. The summed E-state index contributed by atoms with van der Waals surface area (Å²) in [7, 11) is 0. The minimum Gasteiger partial charge on any atom is -0.346 e. The first-order valence-corrected chi connectivity index (χ1v) is 8.72. The van der Waals surface area contributed by atoms with E-state index in [-0.39, 0.29) is 11.8 Å². The molecule has 7 heteroatoms. The number of carbonyl (C=O) groups excluding carboxylic acids is 2. The van der Waals surface area contributed by atoms with Crippen molar-refractivity contribution in [1.29, 1.82) is 0 Å². The number of anilines is 1. The van der Waals surface area contributed by atoms with Gasteiger partial charge in [0, 0.05) is 24.2 Å². The SMILES string of the molecule is CCC(=O)Nc1cc(C)nn1-c1ccc(C(=O)NCc2ccccn2)cc1. The lowest BCUT2D eigenvalue weighted by Crippen LogP contribution is -2.23. The smallest absolute Gasteiger partial charge is 0.251 e. The molecule has 0 fully saturated rings. The third-order valence-corrected chi connectivity index (χ3v) is 3.95. The van der Waals surface area contributed by atoms with Crippen LogP contribution in [-0.2, 0) is 11.3 Å². The molecule has 0 aliphatic carbocycles. The van der Waals surface area contributed by atoms with Gasteiger partial charge >= 0.3 is 0 Å². The van der Waals surface area contributed by atoms with E-state index < -0.39 is 0 Å². The monoisotopic (exact) mass is 363 g/mol. The molecule has 0 aliphatic rings. The Morgan fingerprint density at radius 2 is 1.89 bits per heavy atom. The first kappa shape index (κ1) is 18.3. The van der Waals surface area contributed by atoms with Gasteiger partial charge in [-0.15, -0.1) is 0 Å². The van der Waals surface area contributed by atoms with E-state index in [0.29, 0.717) is 24.3 Å². The standard InChI is InChI=1S/C20H21N5O2/c1-3-19(26)23-18-12-14(2)24-25(18)17-9-7-15(8-10-17)20(27)22-13-16-6-4-5-11-21-16/h4-12H,3,13H2,1-2H3,(H,22,27)(H,23,26). The number of nitrogens with one attached hydrogen (secondary N) is 2. The summed E-state index contributed by atoms with van der Waals surface area (Å²) < 4.78 is 1.65. The summed E-state index contributed by atoms with van der Waals surface area (Å²) in [6.45, 7) is 4.02. The molecule has 0 aliphatic heterocycles. The van der Waals surface area contributed by atoms with Gasteiger partial charge in [-0.2, -0.15) is 5.10 Å². The Morgan fingerprint density at radius 1 is 1.11 bits per heavy atom. The molecular formula is C20H21N5O2. The Labute approximate surface area is 157 Å². The fourth-order valence-corrected chi connectivity index (χ4v) is 2.55. The Bertz CT molecular complexity index is 933. The molecule has 3 rings (SSSR count). The van der Waals surface area contributed by atoms with Crippen molar-refractivity contribution in [3.8, 4) is 5.69 Å². The fraction of sp³-hybridized carbons (Fsp3) is 0.200. The lowest BCUT2D eigenvalue weighted by Gasteiger charge is -2.09. The van der Waals surface area contributed by atoms with Gasteiger partial charge in [0.25, 0.3) is 5.91 Å². The van der Waals surface area contributed by atoms with Crippen molar-refractivity contribution >= 4 is 17.6 Å². The summed E-state index contributed by atoms with van der Waals surface area (Å²) in [5.74, 6) is 0.344. The van der Waals surface area contributed by atoms with Gasteiger partial charge in [-0.05, 0) is 43.3 Å². The number of pyridine rings is 1. The molecule has 0 saturated carbocycles. The van der Waals surface area contributed by atoms with Crippen molar-refractivity contribution in [2.45, 2.75) is 26.8 Å². The molecule has 27 heavy (non-hydrogen) atoms. The molecule has 3 aromatic rings. The van der Waals surface area contributed by atoms with Crippen molar-refractivity contribution in [3.63, 3.8) is 0 Å². The van der Waals surface area contributed by atoms with Crippen molar-refractivity contribution in [3.05, 3.63) is 71.7 Å². The normalized spacial score (nSPS) is 10.4. The average Bonchev–Trinajstić information content (AvgIpc) is 3.07. The maximum absolute atomic E-state index is 12.3. The summed E-state index contributed by atoms with van der Waals surface area (Å²) in [6.07, 6.45) is 2.08. The summed E-state index contributed by atoms with van der Waals surface area (Å²) in [4.78, 5) is 28.2. The van der Waals surface area contributed by atoms with Crippen LogP contribution >= 0.6 is 0 Å². The minimum absolute atomic E-state index is 0.0818. The predicted octanol–water partition coefficient (Wildman–Crippen LogP) is 2.85. The first-order valence-electron chi connectivity index (χ1n) is 8.72. The van der Waals surface area contributed by atoms with Crippen LogP contribution in [0.3, 0.4) is 0 Å². The molecular weight excluding hydrogens is 342 g/mol. The largest absolute Gasteiger partial charge is 0.346 e. The highest BCUT2D eigenvalue weighted by Gasteiger charge is 2.11. The Kier molecular flexibility index (Phi) is 5.61. The van der Waals surface area contributed by atoms with Crippen molar-refractivity contribution in [2.75, 3.05) is 5.32 Å². The fourth-order valence-electron chi connectivity index (χ4n) is 2.55. The van der Waals surface area contributed by atoms with Crippen molar-refractivity contribution in [1.82, 2.24) is 20.1 Å². The molecule has 7 nitrogen and oxygen atoms in total. The van der Waals surface area contributed by atoms with Gasteiger partial charge in [-0.25, -0.2) is 4.68 Å². The maximum atomic E-state index is 12.3. The van der Waals surface area contributed by atoms with Crippen LogP contribution in [-0.4, -0.2) is 26.6 Å². The van der Waals surface area contributed by atoms with E-state index >= 15 is 0 Å². The number of hydrogen-bond donors (Lipinski definition) is 2. The Hall–Kier alpha value is -3.48. The van der Waals surface area contributed by atoms with E-state index in [4.69, 9.17) is 0 Å². The number of benzene rings is 1. The molecule has 0 radical (unpaired) electrons. The van der Waals surface area contributed by atoms with Gasteiger partial charge in [-0.1, -0.05) is 13.0 Å². The lowest BCUT2D eigenvalue weighted by molar-refractivity contribution is -0.115. The Balaban J connectivity index is 1.72. The number of aromatic nitrogens is 3. The van der Waals surface area contributed by atoms with Gasteiger partial charge in [-0.3, -0.25) is 14.6 Å². The molecule has 0 bridgehead atoms. The number of nitrogens with zero attached hydrogens (tertiary/aromatic N) is 3. The number of aryl methyl sites for hydroxylation is 1. The van der Waals surface area contributed by atoms with Gasteiger partial charge in [0.2, 0.25) is 5.91 Å². The number of amides is 2. The molecule has 2 aromatic heterocycles. The van der Waals surface area contributed by atoms with Crippen LogP contribution < -0.4 is 10.6 Å². The number of hydrogen-bond acceptors (Lipinski definition) is 4. The minimum atomic E-state index is -0.177. The molecule has 0 atom stereocenters. The maximum Gasteiger partial charge on any atom is 0.251 e. The van der Waals surface area contributed by atoms with E-state index in [0.717, 1.165) is 17.1 Å². The second kappa shape index (κ2) is 8.27. The third-order valence-electron chi connectivity index (χ3n) is 3.95. The zero-order valence-electron chi connectivity index (χ0n) is 15.3. The zero-order chi connectivity index (χ0) is 19.2. The summed E-state index contributed by atoms with van der Waals surface area (Å²) in [6, 6.07) is 14.4. The van der Waals surface area contributed by atoms with Crippen LogP contribution in [0, 0.1) is 6.92 Å². The second-order valence-corrected chi connectivity index (χ2v) is 6.04. The highest BCUT2D eigenvalue weighted by atomic mass is 16.2. The quantitative estimate of drug-likeness (QED) is 0.705. The van der Waals surface area contributed by atoms with E-state index in [9.17, 15) is 9.59 Å². The van der Waals surface area contributed by atoms with E-state index in [1.165, 1.54) is 0 Å². The highest BCUT2D eigenvalue weighted by molar-refractivity contribution is 5.94. The van der Waals surface area contributed by atoms with Gasteiger partial charge < -0.3 is 10.6 Å². The molecule has 0 saturated heterocycles. The topological polar surface area (TPSA) is 88.9 Å². The molecule has 0 spiro atoms. The zero-order valence-corrected chi connectivity index (χ0v) is 15.3. The van der Waals surface area contributed by atoms with Crippen LogP contribution in [0.5, 0.6) is 0 Å². The van der Waals surface area contributed by atoms with Gasteiger partial charge in [0.1, 0.15) is 5.82 Å². The van der Waals surface area contributed by atoms with Crippen LogP contribution in [0.4, 0.5) is 5.82 Å². The highest BCUT2D eigenvalue weighted by Crippen LogP contribution is 2.18. The predicted molar refractivity (Wildman–Crippen MR) is 103 cm³/mol. The van der Waals surface area contributed by atoms with Gasteiger partial charge in [0.15, 0.2) is 0 Å². The summed E-state index contributed by atoms with van der Waals surface area (Å²) in [5.41, 5.74) is 2.89. The van der Waals surface area contributed by atoms with Crippen LogP contribution in [0.1, 0.15) is 35.1 Å². The second-order valence-electron chi connectivity index (χ2n) is 6.04. The molecule has 0 unspecified atom stereocenters. The molecule has 2 heterocycles. The lowest BCUT2D eigenvalue weighted by atomic mass is 10.2. The van der Waals surface area contributed by atoms with E-state index in [1.54, 1.807) is 48.1 Å². The van der Waals surface area contributed by atoms with Crippen molar-refractivity contribution in [2.24, 2.45) is 0 Å². The summed E-state index contributed by atoms with van der Waals surface area (Å²) >= 11 is 0. The van der Waals surface area contributed by atoms with Crippen LogP contribution in [0.2, 0.25) is 0 Å². The van der Waals surface area contributed by atoms with Gasteiger partial charge in [0.05, 0.1) is 23.6 Å². The van der Waals surface area contributed by atoms with E-state index in [2.05, 4.69) is 20.7 Å². The molecule has 1 aromatic carbocycles. The number of rotatable bonds is 6. The van der Waals surface area contributed by atoms with E-state index in [1.807, 2.05) is 25.1 Å². The summed E-state index contributed by atoms with van der Waals surface area (Å²) in [5, 5.41) is 10.1. The first-order chi connectivity index (χ1) is 13.1. The number of carbonyl (C=O) groups is 2. The molecule has 2 N–H and O–H groups in total.